The van der Waals surface area contributed by atoms with E-state index in [9.17, 15) is 5.11 Å². The predicted octanol–water partition coefficient (Wildman–Crippen LogP) is 3.61. The highest BCUT2D eigenvalue weighted by Gasteiger charge is 2.28. The highest BCUT2D eigenvalue weighted by Crippen LogP contribution is 2.45. The van der Waals surface area contributed by atoms with Gasteiger partial charge in [0.1, 0.15) is 11.5 Å². The Bertz CT molecular complexity index is 722. The van der Waals surface area contributed by atoms with Gasteiger partial charge in [-0.1, -0.05) is 37.6 Å². The smallest absolute Gasteiger partial charge is 0.161 e. The second-order valence-electron chi connectivity index (χ2n) is 6.18. The molecule has 1 fully saturated rings. The second kappa shape index (κ2) is 8.04. The number of fused-ring (bicyclic) bond motifs is 1. The Balaban J connectivity index is 2.24. The summed E-state index contributed by atoms with van der Waals surface area (Å²) < 4.78 is 22.8. The van der Waals surface area contributed by atoms with Crippen LogP contribution in [0.25, 0.3) is 10.8 Å². The van der Waals surface area contributed by atoms with Gasteiger partial charge < -0.3 is 24.1 Å². The molecule has 0 amide bonds. The van der Waals surface area contributed by atoms with Gasteiger partial charge >= 0.3 is 0 Å². The van der Waals surface area contributed by atoms with Crippen molar-refractivity contribution >= 4 is 10.8 Å². The Morgan fingerprint density at radius 1 is 1.08 bits per heavy atom. The van der Waals surface area contributed by atoms with E-state index >= 15 is 0 Å². The summed E-state index contributed by atoms with van der Waals surface area (Å²) >= 11 is 0. The average Bonchev–Trinajstić information content (AvgIpc) is 3.13. The zero-order chi connectivity index (χ0) is 17.8. The van der Waals surface area contributed by atoms with E-state index in [0.29, 0.717) is 31.8 Å². The Kier molecular flexibility index (Phi) is 5.78. The first-order valence-electron chi connectivity index (χ1n) is 8.77. The topological polar surface area (TPSA) is 57.2 Å². The fourth-order valence-corrected chi connectivity index (χ4v) is 3.56. The average molecular weight is 346 g/mol. The Morgan fingerprint density at radius 2 is 1.68 bits per heavy atom. The van der Waals surface area contributed by atoms with Gasteiger partial charge in [-0.15, -0.1) is 0 Å². The van der Waals surface area contributed by atoms with Crippen LogP contribution in [0.2, 0.25) is 0 Å². The van der Waals surface area contributed by atoms with Gasteiger partial charge in [0.2, 0.25) is 0 Å². The van der Waals surface area contributed by atoms with E-state index in [2.05, 4.69) is 6.92 Å². The first-order chi connectivity index (χ1) is 12.2. The summed E-state index contributed by atoms with van der Waals surface area (Å²) in [6.45, 7) is 3.23. The molecule has 2 aromatic carbocycles. The van der Waals surface area contributed by atoms with Crippen LogP contribution in [0.15, 0.2) is 24.3 Å². The highest BCUT2D eigenvalue weighted by molar-refractivity contribution is 5.96. The third-order valence-corrected chi connectivity index (χ3v) is 4.63. The van der Waals surface area contributed by atoms with Crippen LogP contribution in [0, 0.1) is 0 Å². The van der Waals surface area contributed by atoms with Gasteiger partial charge in [-0.05, 0) is 6.42 Å². The summed E-state index contributed by atoms with van der Waals surface area (Å²) in [5.41, 5.74) is 1.67. The number of hydrogen-bond donors (Lipinski definition) is 1. The number of rotatable bonds is 7. The normalized spacial score (nSPS) is 16.3. The number of ether oxygens (including phenoxy) is 4. The number of aliphatic hydroxyl groups excluding tert-OH is 1. The standard InChI is InChI=1S/C20H26O5/c1-4-7-16(21)18-15(12-17-24-10-11-25-17)19(22-2)13-8-5-6-9-14(13)20(18)23-3/h5-6,8-9,16-17,21H,4,7,10-12H2,1-3H3. The molecule has 2 aromatic rings. The van der Waals surface area contributed by atoms with Crippen molar-refractivity contribution in [2.45, 2.75) is 38.6 Å². The molecule has 0 saturated carbocycles. The van der Waals surface area contributed by atoms with Crippen LogP contribution in [-0.4, -0.2) is 38.8 Å². The number of hydrogen-bond acceptors (Lipinski definition) is 5. The van der Waals surface area contributed by atoms with Gasteiger partial charge in [0, 0.05) is 28.3 Å². The molecule has 1 heterocycles. The van der Waals surface area contributed by atoms with E-state index in [1.54, 1.807) is 14.2 Å². The van der Waals surface area contributed by atoms with Crippen LogP contribution in [-0.2, 0) is 15.9 Å². The lowest BCUT2D eigenvalue weighted by Gasteiger charge is -2.24. The van der Waals surface area contributed by atoms with Gasteiger partial charge in [-0.25, -0.2) is 0 Å². The van der Waals surface area contributed by atoms with Gasteiger partial charge in [0.15, 0.2) is 6.29 Å². The molecule has 0 radical (unpaired) electrons. The molecule has 0 aromatic heterocycles. The van der Waals surface area contributed by atoms with Crippen LogP contribution >= 0.6 is 0 Å². The molecule has 5 heteroatoms. The number of aliphatic hydroxyl groups is 1. The van der Waals surface area contributed by atoms with Crippen molar-refractivity contribution in [2.75, 3.05) is 27.4 Å². The minimum atomic E-state index is -0.630. The first-order valence-corrected chi connectivity index (χ1v) is 8.77. The molecule has 0 bridgehead atoms. The molecule has 5 nitrogen and oxygen atoms in total. The minimum absolute atomic E-state index is 0.327. The van der Waals surface area contributed by atoms with Crippen molar-refractivity contribution in [2.24, 2.45) is 0 Å². The third-order valence-electron chi connectivity index (χ3n) is 4.63. The van der Waals surface area contributed by atoms with Crippen LogP contribution in [0.3, 0.4) is 0 Å². The summed E-state index contributed by atoms with van der Waals surface area (Å²) in [7, 11) is 3.30. The molecular formula is C20H26O5. The van der Waals surface area contributed by atoms with E-state index in [1.807, 2.05) is 24.3 Å². The van der Waals surface area contributed by atoms with E-state index < -0.39 is 6.10 Å². The van der Waals surface area contributed by atoms with Crippen LogP contribution in [0.1, 0.15) is 37.0 Å². The van der Waals surface area contributed by atoms with Crippen molar-refractivity contribution < 1.29 is 24.1 Å². The van der Waals surface area contributed by atoms with E-state index in [0.717, 1.165) is 34.1 Å². The summed E-state index contributed by atoms with van der Waals surface area (Å²) in [5, 5.41) is 12.7. The first kappa shape index (κ1) is 18.0. The largest absolute Gasteiger partial charge is 0.496 e. The Labute approximate surface area is 148 Å². The summed E-state index contributed by atoms with van der Waals surface area (Å²) in [4.78, 5) is 0. The lowest BCUT2D eigenvalue weighted by atomic mass is 9.90. The minimum Gasteiger partial charge on any atom is -0.496 e. The number of methoxy groups -OCH3 is 2. The maximum Gasteiger partial charge on any atom is 0.161 e. The fraction of sp³-hybridized carbons (Fsp3) is 0.500. The van der Waals surface area contributed by atoms with E-state index in [-0.39, 0.29) is 6.29 Å². The Morgan fingerprint density at radius 3 is 2.24 bits per heavy atom. The van der Waals surface area contributed by atoms with Crippen molar-refractivity contribution in [1.29, 1.82) is 0 Å². The maximum atomic E-state index is 10.8. The lowest BCUT2D eigenvalue weighted by molar-refractivity contribution is -0.0406. The zero-order valence-electron chi connectivity index (χ0n) is 15.1. The van der Waals surface area contributed by atoms with E-state index in [4.69, 9.17) is 18.9 Å². The summed E-state index contributed by atoms with van der Waals surface area (Å²) in [6.07, 6.45) is 1.08. The molecule has 0 spiro atoms. The van der Waals surface area contributed by atoms with Crippen molar-refractivity contribution in [3.8, 4) is 11.5 Å². The molecule has 1 saturated heterocycles. The van der Waals surface area contributed by atoms with Gasteiger partial charge in [0.25, 0.3) is 0 Å². The van der Waals surface area contributed by atoms with E-state index in [1.165, 1.54) is 0 Å². The maximum absolute atomic E-state index is 10.8. The van der Waals surface area contributed by atoms with Gasteiger partial charge in [-0.2, -0.15) is 0 Å². The lowest BCUT2D eigenvalue weighted by Crippen LogP contribution is -2.16. The molecule has 25 heavy (non-hydrogen) atoms. The molecule has 1 atom stereocenters. The fourth-order valence-electron chi connectivity index (χ4n) is 3.56. The van der Waals surface area contributed by atoms with Crippen molar-refractivity contribution in [1.82, 2.24) is 0 Å². The van der Waals surface area contributed by atoms with Crippen LogP contribution in [0.4, 0.5) is 0 Å². The van der Waals surface area contributed by atoms with Crippen molar-refractivity contribution in [3.05, 3.63) is 35.4 Å². The SMILES string of the molecule is CCCC(O)c1c(CC2OCCO2)c(OC)c2ccccc2c1OC. The molecule has 0 aliphatic carbocycles. The molecule has 1 aliphatic rings. The monoisotopic (exact) mass is 346 g/mol. The summed E-state index contributed by atoms with van der Waals surface area (Å²) in [6, 6.07) is 7.93. The number of benzene rings is 2. The molecule has 1 N–H and O–H groups in total. The highest BCUT2D eigenvalue weighted by atomic mass is 16.7. The van der Waals surface area contributed by atoms with Gasteiger partial charge in [-0.3, -0.25) is 0 Å². The van der Waals surface area contributed by atoms with Gasteiger partial charge in [0.05, 0.1) is 33.5 Å². The second-order valence-corrected chi connectivity index (χ2v) is 6.18. The molecular weight excluding hydrogens is 320 g/mol. The Hall–Kier alpha value is -1.82. The third kappa shape index (κ3) is 3.45. The summed E-state index contributed by atoms with van der Waals surface area (Å²) in [5.74, 6) is 1.45. The van der Waals surface area contributed by atoms with Crippen molar-refractivity contribution in [3.63, 3.8) is 0 Å². The quantitative estimate of drug-likeness (QED) is 0.830. The molecule has 1 aliphatic heterocycles. The molecule has 3 rings (SSSR count). The predicted molar refractivity (Wildman–Crippen MR) is 96.3 cm³/mol. The zero-order valence-corrected chi connectivity index (χ0v) is 15.1. The van der Waals surface area contributed by atoms with Crippen LogP contribution < -0.4 is 9.47 Å². The van der Waals surface area contributed by atoms with Crippen LogP contribution in [0.5, 0.6) is 11.5 Å². The molecule has 1 unspecified atom stereocenters. The molecule has 136 valence electrons.